The van der Waals surface area contributed by atoms with Crippen LogP contribution in [0.5, 0.6) is 0 Å². The van der Waals surface area contributed by atoms with Crippen LogP contribution in [-0.4, -0.2) is 13.1 Å². The van der Waals surface area contributed by atoms with Crippen molar-refractivity contribution in [1.29, 1.82) is 0 Å². The summed E-state index contributed by atoms with van der Waals surface area (Å²) in [7, 11) is 0. The van der Waals surface area contributed by atoms with Crippen LogP contribution >= 0.6 is 0 Å². The average molecular weight is 320 g/mol. The molecule has 126 valence electrons. The second-order valence-corrected chi connectivity index (χ2v) is 5.44. The van der Waals surface area contributed by atoms with E-state index in [1.165, 1.54) is 23.3 Å². The van der Waals surface area contributed by atoms with Crippen molar-refractivity contribution in [3.8, 4) is 0 Å². The number of nitrogens with one attached hydrogen (secondary N) is 1. The molecule has 0 aliphatic heterocycles. The fourth-order valence-corrected chi connectivity index (χ4v) is 2.11. The summed E-state index contributed by atoms with van der Waals surface area (Å²) < 4.78 is 24.4. The highest BCUT2D eigenvalue weighted by Crippen LogP contribution is 2.06. The molecule has 0 atom stereocenters. The summed E-state index contributed by atoms with van der Waals surface area (Å²) in [6.45, 7) is 6.55. The lowest BCUT2D eigenvalue weighted by atomic mass is 10.1. The van der Waals surface area contributed by atoms with Crippen molar-refractivity contribution in [1.82, 2.24) is 5.32 Å². The van der Waals surface area contributed by atoms with Crippen LogP contribution in [0.15, 0.2) is 42.5 Å². The minimum absolute atomic E-state index is 0.521. The van der Waals surface area contributed by atoms with E-state index in [4.69, 9.17) is 5.73 Å². The van der Waals surface area contributed by atoms with Crippen molar-refractivity contribution in [2.75, 3.05) is 13.1 Å². The molecule has 2 aromatic carbocycles. The Kier molecular flexibility index (Phi) is 9.10. The third-order valence-corrected chi connectivity index (χ3v) is 3.29. The minimum atomic E-state index is -0.521. The lowest BCUT2D eigenvalue weighted by molar-refractivity contribution is 0.581. The molecule has 0 spiro atoms. The molecular formula is C19H26F2N2. The predicted molar refractivity (Wildman–Crippen MR) is 92.3 cm³/mol. The van der Waals surface area contributed by atoms with Crippen LogP contribution in [0.2, 0.25) is 0 Å². The smallest absolute Gasteiger partial charge is 0.126 e. The Morgan fingerprint density at radius 1 is 1.00 bits per heavy atom. The number of hydrogen-bond acceptors (Lipinski definition) is 2. The first-order valence-electron chi connectivity index (χ1n) is 7.96. The van der Waals surface area contributed by atoms with Gasteiger partial charge in [0.2, 0.25) is 0 Å². The van der Waals surface area contributed by atoms with E-state index in [-0.39, 0.29) is 0 Å². The Hall–Kier alpha value is -1.78. The highest BCUT2D eigenvalue weighted by atomic mass is 19.1. The molecule has 0 aliphatic rings. The number of rotatable bonds is 6. The van der Waals surface area contributed by atoms with Gasteiger partial charge in [0.1, 0.15) is 11.6 Å². The van der Waals surface area contributed by atoms with E-state index >= 15 is 0 Å². The van der Waals surface area contributed by atoms with Crippen molar-refractivity contribution < 1.29 is 8.78 Å². The summed E-state index contributed by atoms with van der Waals surface area (Å²) in [6.07, 6.45) is 2.16. The molecule has 0 amide bonds. The zero-order chi connectivity index (χ0) is 17.1. The maximum absolute atomic E-state index is 12.2. The average Bonchev–Trinajstić information content (AvgIpc) is 2.51. The van der Waals surface area contributed by atoms with Gasteiger partial charge in [0.25, 0.3) is 0 Å². The fraction of sp³-hybridized carbons (Fsp3) is 0.368. The Bertz CT molecular complexity index is 535. The first kappa shape index (κ1) is 19.3. The van der Waals surface area contributed by atoms with Gasteiger partial charge in [-0.15, -0.1) is 0 Å². The SMILES string of the molecule is CCc1cccc(CNCCCN)c1.Cc1cc(F)cc(F)c1. The number of nitrogens with two attached hydrogens (primary N) is 1. The van der Waals surface area contributed by atoms with Crippen LogP contribution in [-0.2, 0) is 13.0 Å². The molecule has 0 saturated carbocycles. The van der Waals surface area contributed by atoms with Crippen molar-refractivity contribution in [2.24, 2.45) is 5.73 Å². The molecule has 0 heterocycles. The van der Waals surface area contributed by atoms with Crippen LogP contribution in [0.3, 0.4) is 0 Å². The van der Waals surface area contributed by atoms with Crippen LogP contribution in [0, 0.1) is 18.6 Å². The normalized spacial score (nSPS) is 10.1. The zero-order valence-corrected chi connectivity index (χ0v) is 13.9. The Balaban J connectivity index is 0.000000253. The van der Waals surface area contributed by atoms with Crippen LogP contribution < -0.4 is 11.1 Å². The highest BCUT2D eigenvalue weighted by molar-refractivity contribution is 5.23. The maximum Gasteiger partial charge on any atom is 0.126 e. The van der Waals surface area contributed by atoms with Gasteiger partial charge in [-0.25, -0.2) is 8.78 Å². The quantitative estimate of drug-likeness (QED) is 0.791. The Morgan fingerprint density at radius 2 is 1.65 bits per heavy atom. The van der Waals surface area contributed by atoms with E-state index < -0.39 is 11.6 Å². The molecule has 0 bridgehead atoms. The first-order valence-corrected chi connectivity index (χ1v) is 7.96. The van der Waals surface area contributed by atoms with E-state index in [1.54, 1.807) is 6.92 Å². The summed E-state index contributed by atoms with van der Waals surface area (Å²) in [5.74, 6) is -1.04. The van der Waals surface area contributed by atoms with E-state index in [2.05, 4.69) is 36.5 Å². The standard InChI is InChI=1S/C12H20N2.C7H6F2/c1-2-11-5-3-6-12(9-11)10-14-8-4-7-13;1-5-2-6(8)4-7(9)3-5/h3,5-6,9,14H,2,4,7-8,10,13H2,1H3;2-4H,1H3. The largest absolute Gasteiger partial charge is 0.330 e. The van der Waals surface area contributed by atoms with Crippen molar-refractivity contribution in [3.05, 3.63) is 70.8 Å². The van der Waals surface area contributed by atoms with Crippen molar-refractivity contribution in [3.63, 3.8) is 0 Å². The predicted octanol–water partition coefficient (Wildman–Crippen LogP) is 3.96. The molecule has 0 fully saturated rings. The maximum atomic E-state index is 12.2. The number of hydrogen-bond donors (Lipinski definition) is 2. The third kappa shape index (κ3) is 8.43. The zero-order valence-electron chi connectivity index (χ0n) is 13.9. The van der Waals surface area contributed by atoms with Gasteiger partial charge < -0.3 is 11.1 Å². The van der Waals surface area contributed by atoms with Crippen LogP contribution in [0.4, 0.5) is 8.78 Å². The molecule has 0 radical (unpaired) electrons. The molecule has 0 unspecified atom stereocenters. The summed E-state index contributed by atoms with van der Waals surface area (Å²) in [4.78, 5) is 0. The Labute approximate surface area is 137 Å². The lowest BCUT2D eigenvalue weighted by Gasteiger charge is -2.05. The van der Waals surface area contributed by atoms with Crippen LogP contribution in [0.1, 0.15) is 30.0 Å². The summed E-state index contributed by atoms with van der Waals surface area (Å²) in [5.41, 5.74) is 8.79. The second-order valence-electron chi connectivity index (χ2n) is 5.44. The van der Waals surface area contributed by atoms with Crippen LogP contribution in [0.25, 0.3) is 0 Å². The fourth-order valence-electron chi connectivity index (χ4n) is 2.11. The summed E-state index contributed by atoms with van der Waals surface area (Å²) in [5, 5.41) is 3.37. The molecule has 2 nitrogen and oxygen atoms in total. The monoisotopic (exact) mass is 320 g/mol. The van der Waals surface area contributed by atoms with Gasteiger partial charge in [-0.3, -0.25) is 0 Å². The minimum Gasteiger partial charge on any atom is -0.330 e. The lowest BCUT2D eigenvalue weighted by Crippen LogP contribution is -2.17. The molecular weight excluding hydrogens is 294 g/mol. The van der Waals surface area contributed by atoms with E-state index in [9.17, 15) is 8.78 Å². The van der Waals surface area contributed by atoms with Gasteiger partial charge in [-0.05, 0) is 61.7 Å². The Morgan fingerprint density at radius 3 is 2.22 bits per heavy atom. The molecule has 4 heteroatoms. The molecule has 0 aromatic heterocycles. The van der Waals surface area contributed by atoms with Gasteiger partial charge in [-0.1, -0.05) is 31.2 Å². The molecule has 2 aromatic rings. The second kappa shape index (κ2) is 10.9. The number of aryl methyl sites for hydroxylation is 2. The van der Waals surface area contributed by atoms with Gasteiger partial charge in [-0.2, -0.15) is 0 Å². The number of halogens is 2. The summed E-state index contributed by atoms with van der Waals surface area (Å²) in [6, 6.07) is 12.1. The third-order valence-electron chi connectivity index (χ3n) is 3.29. The van der Waals surface area contributed by atoms with Gasteiger partial charge in [0, 0.05) is 12.6 Å². The summed E-state index contributed by atoms with van der Waals surface area (Å²) >= 11 is 0. The van der Waals surface area contributed by atoms with E-state index in [0.29, 0.717) is 5.56 Å². The molecule has 23 heavy (non-hydrogen) atoms. The van der Waals surface area contributed by atoms with E-state index in [1.807, 2.05) is 0 Å². The van der Waals surface area contributed by atoms with Crippen molar-refractivity contribution >= 4 is 0 Å². The van der Waals surface area contributed by atoms with Gasteiger partial charge in [0.05, 0.1) is 0 Å². The molecule has 0 saturated heterocycles. The van der Waals surface area contributed by atoms with E-state index in [0.717, 1.165) is 38.5 Å². The molecule has 3 N–H and O–H groups in total. The van der Waals surface area contributed by atoms with Gasteiger partial charge >= 0.3 is 0 Å². The topological polar surface area (TPSA) is 38.0 Å². The molecule has 2 rings (SSSR count). The van der Waals surface area contributed by atoms with Crippen molar-refractivity contribution in [2.45, 2.75) is 33.2 Å². The first-order chi connectivity index (χ1) is 11.0. The number of benzene rings is 2. The van der Waals surface area contributed by atoms with Gasteiger partial charge in [0.15, 0.2) is 0 Å². The highest BCUT2D eigenvalue weighted by Gasteiger charge is 1.94. The molecule has 0 aliphatic carbocycles.